The molecule has 5 rings (SSSR count). The van der Waals surface area contributed by atoms with E-state index in [1.54, 1.807) is 0 Å². The molecule has 0 N–H and O–H groups in total. The molecule has 1 heterocycles. The van der Waals surface area contributed by atoms with Crippen molar-refractivity contribution in [2.24, 2.45) is 0 Å². The van der Waals surface area contributed by atoms with E-state index in [9.17, 15) is 0 Å². The Morgan fingerprint density at radius 3 is 1.85 bits per heavy atom. The molecule has 0 fully saturated rings. The van der Waals surface area contributed by atoms with Crippen LogP contribution in [-0.2, 0) is 12.8 Å². The minimum atomic E-state index is 0. The second kappa shape index (κ2) is 10.3. The highest BCUT2D eigenvalue weighted by Gasteiger charge is 2.16. The largest absolute Gasteiger partial charge is 0.306 e. The normalized spacial score (nSPS) is 10.6. The maximum Gasteiger partial charge on any atom is 0.0991 e. The molecule has 164 valence electrons. The molecule has 5 aromatic rings. The lowest BCUT2D eigenvalue weighted by Crippen LogP contribution is -2.03. The van der Waals surface area contributed by atoms with Gasteiger partial charge in [0.2, 0.25) is 0 Å². The van der Waals surface area contributed by atoms with Crippen molar-refractivity contribution in [3.05, 3.63) is 144 Å². The maximum absolute atomic E-state index is 4.30. The Labute approximate surface area is 202 Å². The molecule has 2 nitrogen and oxygen atoms in total. The summed E-state index contributed by atoms with van der Waals surface area (Å²) in [6, 6.07) is 34.9. The van der Waals surface area contributed by atoms with Gasteiger partial charge in [0.1, 0.15) is 0 Å². The zero-order valence-electron chi connectivity index (χ0n) is 18.7. The molecule has 0 bridgehead atoms. The van der Waals surface area contributed by atoms with Gasteiger partial charge in [0, 0.05) is 18.0 Å². The average Bonchev–Trinajstić information content (AvgIpc) is 3.35. The third-order valence-corrected chi connectivity index (χ3v) is 5.92. The van der Waals surface area contributed by atoms with Gasteiger partial charge in [-0.25, -0.2) is 4.98 Å². The van der Waals surface area contributed by atoms with E-state index in [1.165, 1.54) is 38.9 Å². The van der Waals surface area contributed by atoms with Gasteiger partial charge in [-0.3, -0.25) is 0 Å². The van der Waals surface area contributed by atoms with Gasteiger partial charge in [-0.15, -0.1) is 12.4 Å². The van der Waals surface area contributed by atoms with Crippen molar-refractivity contribution in [2.75, 3.05) is 0 Å². The van der Waals surface area contributed by atoms with Crippen LogP contribution in [0.1, 0.15) is 27.8 Å². The Morgan fingerprint density at radius 1 is 0.697 bits per heavy atom. The molecule has 0 aliphatic rings. The van der Waals surface area contributed by atoms with Crippen LogP contribution in [0.4, 0.5) is 0 Å². The van der Waals surface area contributed by atoms with Gasteiger partial charge in [-0.05, 0) is 59.7 Å². The molecule has 4 aromatic carbocycles. The van der Waals surface area contributed by atoms with Gasteiger partial charge in [0.25, 0.3) is 0 Å². The molecule has 0 unspecified atom stereocenters. The van der Waals surface area contributed by atoms with Crippen molar-refractivity contribution in [1.29, 1.82) is 0 Å². The van der Waals surface area contributed by atoms with Crippen molar-refractivity contribution < 1.29 is 0 Å². The van der Waals surface area contributed by atoms with Crippen LogP contribution >= 0.6 is 12.4 Å². The standard InChI is InChI=1S/C30H26N2.ClH/c1-23-15-16-29(32-18-17-31-22-32)28(19-23)30-26(20-24-9-4-2-5-10-24)13-8-14-27(30)21-25-11-6-3-7-12-25;/h2-19,22H,20-21H2,1H3;1H. The van der Waals surface area contributed by atoms with Gasteiger partial charge in [-0.1, -0.05) is 90.5 Å². The van der Waals surface area contributed by atoms with Gasteiger partial charge < -0.3 is 4.57 Å². The van der Waals surface area contributed by atoms with Crippen molar-refractivity contribution in [1.82, 2.24) is 9.55 Å². The zero-order valence-corrected chi connectivity index (χ0v) is 19.5. The summed E-state index contributed by atoms with van der Waals surface area (Å²) in [7, 11) is 0. The molecule has 0 radical (unpaired) electrons. The number of benzene rings is 4. The monoisotopic (exact) mass is 450 g/mol. The Bertz CT molecular complexity index is 1250. The number of hydrogen-bond donors (Lipinski definition) is 0. The first-order valence-corrected chi connectivity index (χ1v) is 11.1. The predicted octanol–water partition coefficient (Wildman–Crippen LogP) is 7.45. The SMILES string of the molecule is Cc1ccc(-n2ccnc2)c(-c2c(Cc3ccccc3)cccc2Cc2ccccc2)c1.Cl. The van der Waals surface area contributed by atoms with Crippen LogP contribution in [0.25, 0.3) is 16.8 Å². The number of aromatic nitrogens is 2. The summed E-state index contributed by atoms with van der Waals surface area (Å²) in [6.07, 6.45) is 7.53. The lowest BCUT2D eigenvalue weighted by Gasteiger charge is -2.20. The van der Waals surface area contributed by atoms with Gasteiger partial charge in [0.15, 0.2) is 0 Å². The first kappa shape index (κ1) is 22.6. The summed E-state index contributed by atoms with van der Waals surface area (Å²) in [5.41, 5.74) is 10.3. The van der Waals surface area contributed by atoms with Crippen molar-refractivity contribution >= 4 is 12.4 Å². The number of aryl methyl sites for hydroxylation is 1. The minimum Gasteiger partial charge on any atom is -0.306 e. The minimum absolute atomic E-state index is 0. The van der Waals surface area contributed by atoms with E-state index in [0.717, 1.165) is 18.5 Å². The molecule has 0 amide bonds. The molecule has 0 spiro atoms. The van der Waals surface area contributed by atoms with E-state index in [4.69, 9.17) is 0 Å². The summed E-state index contributed by atoms with van der Waals surface area (Å²) in [5, 5.41) is 0. The molecule has 0 atom stereocenters. The first-order valence-electron chi connectivity index (χ1n) is 11.1. The van der Waals surface area contributed by atoms with Gasteiger partial charge in [0.05, 0.1) is 12.0 Å². The van der Waals surface area contributed by atoms with E-state index in [0.29, 0.717) is 0 Å². The van der Waals surface area contributed by atoms with Crippen LogP contribution < -0.4 is 0 Å². The second-order valence-electron chi connectivity index (χ2n) is 8.27. The molecule has 0 aliphatic heterocycles. The molecule has 0 saturated heterocycles. The summed E-state index contributed by atoms with van der Waals surface area (Å²) in [4.78, 5) is 4.30. The highest BCUT2D eigenvalue weighted by Crippen LogP contribution is 2.36. The second-order valence-corrected chi connectivity index (χ2v) is 8.27. The average molecular weight is 451 g/mol. The van der Waals surface area contributed by atoms with E-state index in [2.05, 4.69) is 114 Å². The van der Waals surface area contributed by atoms with Crippen LogP contribution in [0.5, 0.6) is 0 Å². The van der Waals surface area contributed by atoms with Crippen LogP contribution in [-0.4, -0.2) is 9.55 Å². The summed E-state index contributed by atoms with van der Waals surface area (Å²) < 4.78 is 2.11. The van der Waals surface area contributed by atoms with Gasteiger partial charge in [-0.2, -0.15) is 0 Å². The molecule has 0 aliphatic carbocycles. The highest BCUT2D eigenvalue weighted by atomic mass is 35.5. The van der Waals surface area contributed by atoms with Crippen LogP contribution in [0.2, 0.25) is 0 Å². The van der Waals surface area contributed by atoms with E-state index >= 15 is 0 Å². The fourth-order valence-electron chi connectivity index (χ4n) is 4.40. The third kappa shape index (κ3) is 5.08. The zero-order chi connectivity index (χ0) is 21.8. The summed E-state index contributed by atoms with van der Waals surface area (Å²) in [5.74, 6) is 0. The third-order valence-electron chi connectivity index (χ3n) is 5.92. The highest BCUT2D eigenvalue weighted by molar-refractivity contribution is 5.85. The summed E-state index contributed by atoms with van der Waals surface area (Å²) >= 11 is 0. The topological polar surface area (TPSA) is 17.8 Å². The Morgan fingerprint density at radius 2 is 1.30 bits per heavy atom. The predicted molar refractivity (Wildman–Crippen MR) is 139 cm³/mol. The summed E-state index contributed by atoms with van der Waals surface area (Å²) in [6.45, 7) is 2.16. The first-order chi connectivity index (χ1) is 15.8. The molecule has 0 saturated carbocycles. The Hall–Kier alpha value is -3.62. The molecule has 1 aromatic heterocycles. The molecular weight excluding hydrogens is 424 g/mol. The van der Waals surface area contributed by atoms with Crippen molar-refractivity contribution in [3.8, 4) is 16.8 Å². The lowest BCUT2D eigenvalue weighted by molar-refractivity contribution is 1.05. The Kier molecular flexibility index (Phi) is 7.07. The van der Waals surface area contributed by atoms with E-state index < -0.39 is 0 Å². The smallest absolute Gasteiger partial charge is 0.0991 e. The van der Waals surface area contributed by atoms with Crippen molar-refractivity contribution in [3.63, 3.8) is 0 Å². The number of imidazole rings is 1. The number of hydrogen-bond acceptors (Lipinski definition) is 1. The Balaban J connectivity index is 0.00000259. The molecular formula is C30H27ClN2. The molecule has 3 heteroatoms. The van der Waals surface area contributed by atoms with E-state index in [-0.39, 0.29) is 12.4 Å². The van der Waals surface area contributed by atoms with Crippen molar-refractivity contribution in [2.45, 2.75) is 19.8 Å². The van der Waals surface area contributed by atoms with Crippen LogP contribution in [0, 0.1) is 6.92 Å². The van der Waals surface area contributed by atoms with Crippen LogP contribution in [0.15, 0.2) is 116 Å². The maximum atomic E-state index is 4.30. The van der Waals surface area contributed by atoms with Gasteiger partial charge >= 0.3 is 0 Å². The fourth-order valence-corrected chi connectivity index (χ4v) is 4.40. The number of halogens is 1. The number of rotatable bonds is 6. The number of nitrogens with zero attached hydrogens (tertiary/aromatic N) is 2. The quantitative estimate of drug-likeness (QED) is 0.262. The molecule has 33 heavy (non-hydrogen) atoms. The van der Waals surface area contributed by atoms with Crippen LogP contribution in [0.3, 0.4) is 0 Å². The van der Waals surface area contributed by atoms with E-state index in [1.807, 2.05) is 18.7 Å². The fraction of sp³-hybridized carbons (Fsp3) is 0.100. The lowest BCUT2D eigenvalue weighted by atomic mass is 9.87.